The van der Waals surface area contributed by atoms with Gasteiger partial charge in [0.05, 0.1) is 24.1 Å². The van der Waals surface area contributed by atoms with E-state index in [2.05, 4.69) is 5.32 Å². The van der Waals surface area contributed by atoms with Crippen LogP contribution in [0.15, 0.2) is 18.2 Å². The lowest BCUT2D eigenvalue weighted by Crippen LogP contribution is -2.27. The minimum atomic E-state index is -0.609. The second kappa shape index (κ2) is 8.72. The number of hydrogen-bond donors (Lipinski definition) is 1. The maximum Gasteiger partial charge on any atom is 0.311 e. The third kappa shape index (κ3) is 5.93. The smallest absolute Gasteiger partial charge is 0.311 e. The number of nitro groups is 1. The monoisotopic (exact) mass is 324 g/mol. The minimum Gasteiger partial charge on any atom is -0.487 e. The van der Waals surface area contributed by atoms with Crippen molar-refractivity contribution in [3.05, 3.63) is 33.9 Å². The van der Waals surface area contributed by atoms with Crippen molar-refractivity contribution in [2.45, 2.75) is 33.3 Å². The van der Waals surface area contributed by atoms with Crippen molar-refractivity contribution in [2.75, 3.05) is 13.2 Å². The number of benzene rings is 1. The summed E-state index contributed by atoms with van der Waals surface area (Å²) in [5, 5.41) is 13.5. The van der Waals surface area contributed by atoms with Crippen molar-refractivity contribution >= 4 is 17.6 Å². The first-order valence-electron chi connectivity index (χ1n) is 7.24. The normalized spacial score (nSPS) is 10.3. The maximum absolute atomic E-state index is 12.0. The second-order valence-electron chi connectivity index (χ2n) is 4.92. The van der Waals surface area contributed by atoms with Crippen molar-refractivity contribution in [3.8, 4) is 5.75 Å². The molecule has 0 aliphatic heterocycles. The largest absolute Gasteiger partial charge is 0.487 e. The Kier molecular flexibility index (Phi) is 6.98. The Morgan fingerprint density at radius 3 is 2.61 bits per heavy atom. The van der Waals surface area contributed by atoms with E-state index in [9.17, 15) is 19.7 Å². The molecule has 1 rings (SSSR count). The molecule has 8 heteroatoms. The van der Waals surface area contributed by atoms with E-state index in [1.54, 1.807) is 20.8 Å². The van der Waals surface area contributed by atoms with E-state index >= 15 is 0 Å². The Morgan fingerprint density at radius 2 is 2.04 bits per heavy atom. The SMILES string of the molecule is CCOc1ccc(C(=O)NCCC(=O)OC(C)C)cc1[N+](=O)[O-]. The van der Waals surface area contributed by atoms with Gasteiger partial charge in [0.15, 0.2) is 5.75 Å². The number of rotatable bonds is 8. The van der Waals surface area contributed by atoms with Crippen LogP contribution in [0, 0.1) is 10.1 Å². The Hall–Kier alpha value is -2.64. The third-order valence-electron chi connectivity index (χ3n) is 2.70. The number of amides is 1. The van der Waals surface area contributed by atoms with Crippen molar-refractivity contribution in [1.29, 1.82) is 0 Å². The predicted octanol–water partition coefficient (Wildman–Crippen LogP) is 2.06. The fraction of sp³-hybridized carbons (Fsp3) is 0.467. The van der Waals surface area contributed by atoms with E-state index in [0.717, 1.165) is 6.07 Å². The molecule has 0 atom stereocenters. The summed E-state index contributed by atoms with van der Waals surface area (Å²) >= 11 is 0. The molecule has 0 aliphatic rings. The molecule has 0 radical (unpaired) electrons. The summed E-state index contributed by atoms with van der Waals surface area (Å²) in [5.41, 5.74) is -0.156. The van der Waals surface area contributed by atoms with Crippen LogP contribution in [0.1, 0.15) is 37.6 Å². The summed E-state index contributed by atoms with van der Waals surface area (Å²) in [7, 11) is 0. The molecule has 0 bridgehead atoms. The van der Waals surface area contributed by atoms with Crippen LogP contribution in [0.4, 0.5) is 5.69 Å². The molecular weight excluding hydrogens is 304 g/mol. The van der Waals surface area contributed by atoms with Crippen molar-refractivity contribution < 1.29 is 24.0 Å². The number of ether oxygens (including phenoxy) is 2. The van der Waals surface area contributed by atoms with Crippen LogP contribution in [-0.4, -0.2) is 36.1 Å². The van der Waals surface area contributed by atoms with Crippen LogP contribution >= 0.6 is 0 Å². The molecule has 126 valence electrons. The highest BCUT2D eigenvalue weighted by atomic mass is 16.6. The van der Waals surface area contributed by atoms with Gasteiger partial charge in [-0.05, 0) is 32.9 Å². The Balaban J connectivity index is 2.68. The Morgan fingerprint density at radius 1 is 1.35 bits per heavy atom. The van der Waals surface area contributed by atoms with Gasteiger partial charge >= 0.3 is 11.7 Å². The first-order chi connectivity index (χ1) is 10.8. The van der Waals surface area contributed by atoms with Gasteiger partial charge in [-0.25, -0.2) is 0 Å². The van der Waals surface area contributed by atoms with E-state index in [4.69, 9.17) is 9.47 Å². The van der Waals surface area contributed by atoms with E-state index in [0.29, 0.717) is 0 Å². The number of nitrogens with zero attached hydrogens (tertiary/aromatic N) is 1. The lowest BCUT2D eigenvalue weighted by atomic mass is 10.1. The predicted molar refractivity (Wildman–Crippen MR) is 82.4 cm³/mol. The van der Waals surface area contributed by atoms with Crippen LogP contribution in [0.3, 0.4) is 0 Å². The number of esters is 1. The fourth-order valence-corrected chi connectivity index (χ4v) is 1.78. The van der Waals surface area contributed by atoms with Crippen molar-refractivity contribution in [2.24, 2.45) is 0 Å². The minimum absolute atomic E-state index is 0.0308. The molecular formula is C15H20N2O6. The Bertz CT molecular complexity index is 585. The van der Waals surface area contributed by atoms with Gasteiger partial charge in [-0.15, -0.1) is 0 Å². The zero-order chi connectivity index (χ0) is 17.4. The van der Waals surface area contributed by atoms with Crippen LogP contribution in [0.25, 0.3) is 0 Å². The first-order valence-corrected chi connectivity index (χ1v) is 7.24. The van der Waals surface area contributed by atoms with Gasteiger partial charge in [-0.3, -0.25) is 19.7 Å². The molecule has 1 N–H and O–H groups in total. The molecule has 8 nitrogen and oxygen atoms in total. The fourth-order valence-electron chi connectivity index (χ4n) is 1.78. The average molecular weight is 324 g/mol. The van der Waals surface area contributed by atoms with E-state index in [1.165, 1.54) is 12.1 Å². The highest BCUT2D eigenvalue weighted by Gasteiger charge is 2.18. The number of carbonyl (C=O) groups is 2. The van der Waals surface area contributed by atoms with Crippen LogP contribution in [0.5, 0.6) is 5.75 Å². The lowest BCUT2D eigenvalue weighted by Gasteiger charge is -2.09. The number of nitro benzene ring substituents is 1. The van der Waals surface area contributed by atoms with Gasteiger partial charge in [0.1, 0.15) is 0 Å². The van der Waals surface area contributed by atoms with E-state index in [1.807, 2.05) is 0 Å². The average Bonchev–Trinajstić information content (AvgIpc) is 2.46. The number of hydrogen-bond acceptors (Lipinski definition) is 6. The summed E-state index contributed by atoms with van der Waals surface area (Å²) < 4.78 is 10.1. The van der Waals surface area contributed by atoms with E-state index < -0.39 is 16.8 Å². The number of nitrogens with one attached hydrogen (secondary N) is 1. The molecule has 0 aromatic heterocycles. The summed E-state index contributed by atoms with van der Waals surface area (Å²) in [5.74, 6) is -0.818. The summed E-state index contributed by atoms with van der Waals surface area (Å²) in [6, 6.07) is 3.95. The topological polar surface area (TPSA) is 108 Å². The quantitative estimate of drug-likeness (QED) is 0.445. The molecule has 1 aromatic rings. The Labute approximate surface area is 133 Å². The van der Waals surface area contributed by atoms with E-state index in [-0.39, 0.29) is 42.7 Å². The summed E-state index contributed by atoms with van der Waals surface area (Å²) in [4.78, 5) is 33.7. The van der Waals surface area contributed by atoms with Crippen LogP contribution in [0.2, 0.25) is 0 Å². The molecule has 0 unspecified atom stereocenters. The number of carbonyl (C=O) groups excluding carboxylic acids is 2. The second-order valence-corrected chi connectivity index (χ2v) is 4.92. The maximum atomic E-state index is 12.0. The molecule has 1 aromatic carbocycles. The standard InChI is InChI=1S/C15H20N2O6/c1-4-22-13-6-5-11(9-12(13)17(20)21)15(19)16-8-7-14(18)23-10(2)3/h5-6,9-10H,4,7-8H2,1-3H3,(H,16,19). The summed E-state index contributed by atoms with van der Waals surface area (Å²) in [6.45, 7) is 5.54. The molecule has 0 aliphatic carbocycles. The third-order valence-corrected chi connectivity index (χ3v) is 2.70. The van der Waals surface area contributed by atoms with Crippen LogP contribution < -0.4 is 10.1 Å². The first kappa shape index (κ1) is 18.4. The molecule has 0 saturated heterocycles. The molecule has 0 fully saturated rings. The van der Waals surface area contributed by atoms with Gasteiger partial charge in [-0.2, -0.15) is 0 Å². The van der Waals surface area contributed by atoms with Gasteiger partial charge in [-0.1, -0.05) is 0 Å². The molecule has 0 spiro atoms. The molecule has 0 saturated carbocycles. The zero-order valence-electron chi connectivity index (χ0n) is 13.3. The summed E-state index contributed by atoms with van der Waals surface area (Å²) in [6.07, 6.45) is -0.185. The van der Waals surface area contributed by atoms with Crippen molar-refractivity contribution in [1.82, 2.24) is 5.32 Å². The van der Waals surface area contributed by atoms with Gasteiger partial charge < -0.3 is 14.8 Å². The van der Waals surface area contributed by atoms with Gasteiger partial charge in [0.2, 0.25) is 0 Å². The molecule has 0 heterocycles. The van der Waals surface area contributed by atoms with Gasteiger partial charge in [0, 0.05) is 18.2 Å². The van der Waals surface area contributed by atoms with Gasteiger partial charge in [0.25, 0.3) is 5.91 Å². The molecule has 1 amide bonds. The zero-order valence-corrected chi connectivity index (χ0v) is 13.3. The lowest BCUT2D eigenvalue weighted by molar-refractivity contribution is -0.385. The molecule has 23 heavy (non-hydrogen) atoms. The highest BCUT2D eigenvalue weighted by Crippen LogP contribution is 2.27. The van der Waals surface area contributed by atoms with Crippen LogP contribution in [-0.2, 0) is 9.53 Å². The highest BCUT2D eigenvalue weighted by molar-refractivity contribution is 5.95. The van der Waals surface area contributed by atoms with Crippen molar-refractivity contribution in [3.63, 3.8) is 0 Å².